The first kappa shape index (κ1) is 19.6. The minimum Gasteiger partial charge on any atom is -0.343 e. The Morgan fingerprint density at radius 3 is 2.34 bits per heavy atom. The minimum atomic E-state index is -4.89. The summed E-state index contributed by atoms with van der Waals surface area (Å²) >= 11 is 0. The number of halogens is 4. The molecule has 7 heteroatoms. The topological polar surface area (TPSA) is 42.0 Å². The van der Waals surface area contributed by atoms with Crippen molar-refractivity contribution in [2.24, 2.45) is 5.41 Å². The van der Waals surface area contributed by atoms with E-state index in [-0.39, 0.29) is 29.0 Å². The van der Waals surface area contributed by atoms with Crippen LogP contribution in [0.2, 0.25) is 0 Å². The molecule has 0 fully saturated rings. The molecule has 1 aliphatic carbocycles. The molecule has 0 bridgehead atoms. The Labute approximate surface area is 165 Å². The molecule has 152 valence electrons. The maximum absolute atomic E-state index is 15.3. The predicted octanol–water partition coefficient (Wildman–Crippen LogP) is 5.61. The van der Waals surface area contributed by atoms with E-state index in [0.29, 0.717) is 29.5 Å². The van der Waals surface area contributed by atoms with Crippen LogP contribution in [0.1, 0.15) is 50.3 Å². The molecule has 1 aliphatic heterocycles. The second-order valence-electron chi connectivity index (χ2n) is 8.62. The molecule has 0 radical (unpaired) electrons. The second kappa shape index (κ2) is 6.15. The van der Waals surface area contributed by atoms with Gasteiger partial charge in [-0.15, -0.1) is 0 Å². The molecule has 29 heavy (non-hydrogen) atoms. The summed E-state index contributed by atoms with van der Waals surface area (Å²) in [5, 5.41) is 2.97. The summed E-state index contributed by atoms with van der Waals surface area (Å²) in [7, 11) is 0. The van der Waals surface area contributed by atoms with Gasteiger partial charge in [-0.3, -0.25) is 4.79 Å². The third-order valence-electron chi connectivity index (χ3n) is 5.82. The van der Waals surface area contributed by atoms with Crippen molar-refractivity contribution in [2.45, 2.75) is 45.2 Å². The van der Waals surface area contributed by atoms with Crippen LogP contribution < -0.4 is 5.32 Å². The van der Waals surface area contributed by atoms with E-state index in [1.165, 1.54) is 0 Å². The van der Waals surface area contributed by atoms with Gasteiger partial charge in [0.05, 0.1) is 5.41 Å². The summed E-state index contributed by atoms with van der Waals surface area (Å²) in [4.78, 5) is 17.1. The van der Waals surface area contributed by atoms with E-state index in [9.17, 15) is 18.0 Å². The zero-order valence-corrected chi connectivity index (χ0v) is 16.2. The Morgan fingerprint density at radius 2 is 1.72 bits per heavy atom. The standard InChI is InChI=1S/C22H20F4N2O/c1-20(2)9-14-16(15(29)10-20)21(3,12-7-5-4-6-8-12)17-18(23)13(22(24,25)26)11-27-19(17)28-14/h4-8,11H,9-10H2,1-3H3,(H,27,28)/t21-/m0/s1. The average Bonchev–Trinajstić information content (AvgIpc) is 2.59. The van der Waals surface area contributed by atoms with Crippen molar-refractivity contribution in [3.05, 3.63) is 70.3 Å². The van der Waals surface area contributed by atoms with Crippen molar-refractivity contribution >= 4 is 11.6 Å². The lowest BCUT2D eigenvalue weighted by Crippen LogP contribution is -2.43. The van der Waals surface area contributed by atoms with Crippen LogP contribution in [0, 0.1) is 11.2 Å². The molecule has 2 heterocycles. The number of pyridine rings is 1. The van der Waals surface area contributed by atoms with Crippen molar-refractivity contribution in [3.63, 3.8) is 0 Å². The zero-order chi connectivity index (χ0) is 21.2. The molecule has 0 saturated heterocycles. The lowest BCUT2D eigenvalue weighted by molar-refractivity contribution is -0.140. The van der Waals surface area contributed by atoms with Gasteiger partial charge in [0, 0.05) is 29.5 Å². The fraction of sp³-hybridized carbons (Fsp3) is 0.364. The number of carbonyl (C=O) groups excluding carboxylic acids is 1. The number of hydrogen-bond acceptors (Lipinski definition) is 3. The third-order valence-corrected chi connectivity index (χ3v) is 5.82. The molecule has 0 amide bonds. The predicted molar refractivity (Wildman–Crippen MR) is 101 cm³/mol. The number of anilines is 1. The number of fused-ring (bicyclic) bond motifs is 1. The number of nitrogens with one attached hydrogen (secondary N) is 1. The van der Waals surface area contributed by atoms with Gasteiger partial charge in [-0.2, -0.15) is 13.2 Å². The van der Waals surface area contributed by atoms with Gasteiger partial charge in [-0.25, -0.2) is 9.37 Å². The lowest BCUT2D eigenvalue weighted by Gasteiger charge is -2.44. The van der Waals surface area contributed by atoms with E-state index in [0.717, 1.165) is 0 Å². The normalized spacial score (nSPS) is 23.3. The van der Waals surface area contributed by atoms with Crippen molar-refractivity contribution in [2.75, 3.05) is 5.32 Å². The summed E-state index contributed by atoms with van der Waals surface area (Å²) in [5.41, 5.74) is -1.93. The number of ketones is 1. The molecule has 1 aromatic heterocycles. The number of nitrogens with zero attached hydrogens (tertiary/aromatic N) is 1. The first-order valence-electron chi connectivity index (χ1n) is 9.31. The third kappa shape index (κ3) is 2.94. The summed E-state index contributed by atoms with van der Waals surface area (Å²) in [5.74, 6) is -1.57. The Bertz CT molecular complexity index is 1040. The van der Waals surface area contributed by atoms with Gasteiger partial charge in [0.2, 0.25) is 0 Å². The quantitative estimate of drug-likeness (QED) is 0.628. The summed E-state index contributed by atoms with van der Waals surface area (Å²) < 4.78 is 55.6. The van der Waals surface area contributed by atoms with Crippen molar-refractivity contribution in [3.8, 4) is 0 Å². The van der Waals surface area contributed by atoms with Gasteiger partial charge >= 0.3 is 6.18 Å². The molecule has 0 unspecified atom stereocenters. The maximum Gasteiger partial charge on any atom is 0.420 e. The Hall–Kier alpha value is -2.70. The number of allylic oxidation sites excluding steroid dienone is 2. The van der Waals surface area contributed by atoms with E-state index in [4.69, 9.17) is 0 Å². The van der Waals surface area contributed by atoms with E-state index < -0.39 is 23.0 Å². The molecule has 2 aliphatic rings. The number of benzene rings is 1. The van der Waals surface area contributed by atoms with E-state index in [1.54, 1.807) is 37.3 Å². The molecule has 4 rings (SSSR count). The SMILES string of the molecule is CC1(C)CC(=O)C2=C(C1)Nc1ncc(C(F)(F)F)c(F)c1[C@@]2(C)c1ccccc1. The highest BCUT2D eigenvalue weighted by atomic mass is 19.4. The van der Waals surface area contributed by atoms with Crippen molar-refractivity contribution in [1.82, 2.24) is 4.98 Å². The van der Waals surface area contributed by atoms with Gasteiger partial charge in [-0.1, -0.05) is 44.2 Å². The van der Waals surface area contributed by atoms with Crippen LogP contribution in [0.15, 0.2) is 47.8 Å². The van der Waals surface area contributed by atoms with Crippen LogP contribution in [0.25, 0.3) is 0 Å². The highest BCUT2D eigenvalue weighted by Crippen LogP contribution is 2.53. The van der Waals surface area contributed by atoms with Crippen LogP contribution in [0.4, 0.5) is 23.4 Å². The monoisotopic (exact) mass is 404 g/mol. The zero-order valence-electron chi connectivity index (χ0n) is 16.2. The van der Waals surface area contributed by atoms with Crippen molar-refractivity contribution in [1.29, 1.82) is 0 Å². The largest absolute Gasteiger partial charge is 0.420 e. The van der Waals surface area contributed by atoms with E-state index in [2.05, 4.69) is 10.3 Å². The van der Waals surface area contributed by atoms with Crippen LogP contribution in [-0.4, -0.2) is 10.8 Å². The second-order valence-corrected chi connectivity index (χ2v) is 8.62. The number of aromatic nitrogens is 1. The Morgan fingerprint density at radius 1 is 1.07 bits per heavy atom. The summed E-state index contributed by atoms with van der Waals surface area (Å²) in [6, 6.07) is 8.60. The van der Waals surface area contributed by atoms with Gasteiger partial charge in [0.1, 0.15) is 17.2 Å². The van der Waals surface area contributed by atoms with Crippen LogP contribution >= 0.6 is 0 Å². The summed E-state index contributed by atoms with van der Waals surface area (Å²) in [6.45, 7) is 5.51. The molecular formula is C22H20F4N2O. The van der Waals surface area contributed by atoms with E-state index in [1.807, 2.05) is 13.8 Å². The molecule has 1 atom stereocenters. The van der Waals surface area contributed by atoms with Crippen LogP contribution in [0.5, 0.6) is 0 Å². The Balaban J connectivity index is 2.07. The minimum absolute atomic E-state index is 0.0195. The number of hydrogen-bond donors (Lipinski definition) is 1. The number of rotatable bonds is 1. The van der Waals surface area contributed by atoms with Gasteiger partial charge < -0.3 is 5.32 Å². The first-order chi connectivity index (χ1) is 13.4. The highest BCUT2D eigenvalue weighted by molar-refractivity contribution is 6.02. The maximum atomic E-state index is 15.3. The smallest absolute Gasteiger partial charge is 0.343 e. The molecule has 2 aromatic rings. The van der Waals surface area contributed by atoms with Gasteiger partial charge in [0.25, 0.3) is 0 Å². The van der Waals surface area contributed by atoms with Crippen LogP contribution in [-0.2, 0) is 16.4 Å². The van der Waals surface area contributed by atoms with Gasteiger partial charge in [0.15, 0.2) is 5.78 Å². The number of Topliss-reactive ketones (excluding diaryl/α,β-unsaturated/α-hetero) is 1. The fourth-order valence-electron chi connectivity index (χ4n) is 4.57. The van der Waals surface area contributed by atoms with E-state index >= 15 is 4.39 Å². The van der Waals surface area contributed by atoms with Crippen LogP contribution in [0.3, 0.4) is 0 Å². The highest BCUT2D eigenvalue weighted by Gasteiger charge is 2.51. The number of carbonyl (C=O) groups is 1. The molecular weight excluding hydrogens is 384 g/mol. The summed E-state index contributed by atoms with van der Waals surface area (Å²) in [6.07, 6.45) is -3.63. The first-order valence-corrected chi connectivity index (χ1v) is 9.31. The molecule has 1 aromatic carbocycles. The van der Waals surface area contributed by atoms with Gasteiger partial charge in [-0.05, 0) is 24.3 Å². The molecule has 3 nitrogen and oxygen atoms in total. The fourth-order valence-corrected chi connectivity index (χ4v) is 4.57. The number of alkyl halides is 3. The average molecular weight is 404 g/mol. The Kier molecular flexibility index (Phi) is 4.16. The lowest BCUT2D eigenvalue weighted by atomic mass is 9.61. The molecule has 0 saturated carbocycles. The molecule has 1 N–H and O–H groups in total. The molecule has 0 spiro atoms. The van der Waals surface area contributed by atoms with Crippen molar-refractivity contribution < 1.29 is 22.4 Å².